The number of rotatable bonds is 6. The van der Waals surface area contributed by atoms with Crippen molar-refractivity contribution in [1.29, 1.82) is 0 Å². The second-order valence-corrected chi connectivity index (χ2v) is 7.40. The third-order valence-electron chi connectivity index (χ3n) is 4.80. The first-order chi connectivity index (χ1) is 12.9. The minimum Gasteiger partial charge on any atom is -1.00 e. The molecule has 158 valence electrons. The van der Waals surface area contributed by atoms with E-state index in [-0.39, 0.29) is 48.8 Å². The molecular formula is C21H31ClNO5-. The molecule has 0 saturated carbocycles. The standard InChI is InChI=1S/C21H31NO5.ClH/c1-15-13-25-14-18(12-17-8-6-5-7-9-17)20(16(2)27-21(15)24)26-11-10-19(23)22(3)4;/h5-9,15-16,18,20H,10-14H2,1-4H3;1H/p-1/t15-,16-,18-,20-;/m0./s1. The summed E-state index contributed by atoms with van der Waals surface area (Å²) in [5.41, 5.74) is 1.18. The molecule has 7 heteroatoms. The number of ether oxygens (including phenoxy) is 3. The number of hydrogen-bond donors (Lipinski definition) is 0. The maximum Gasteiger partial charge on any atom is 0.311 e. The van der Waals surface area contributed by atoms with E-state index >= 15 is 0 Å². The van der Waals surface area contributed by atoms with Crippen LogP contribution in [0, 0.1) is 11.8 Å². The highest BCUT2D eigenvalue weighted by Crippen LogP contribution is 2.23. The van der Waals surface area contributed by atoms with E-state index in [0.29, 0.717) is 19.6 Å². The van der Waals surface area contributed by atoms with E-state index in [1.165, 1.54) is 5.56 Å². The monoisotopic (exact) mass is 412 g/mol. The normalized spacial score (nSPS) is 25.5. The lowest BCUT2D eigenvalue weighted by Crippen LogP contribution is -3.00. The smallest absolute Gasteiger partial charge is 0.311 e. The third-order valence-corrected chi connectivity index (χ3v) is 4.80. The molecule has 1 aliphatic heterocycles. The highest BCUT2D eigenvalue weighted by molar-refractivity contribution is 5.75. The predicted molar refractivity (Wildman–Crippen MR) is 102 cm³/mol. The van der Waals surface area contributed by atoms with Gasteiger partial charge in [-0.3, -0.25) is 9.59 Å². The van der Waals surface area contributed by atoms with Crippen LogP contribution in [0.15, 0.2) is 30.3 Å². The van der Waals surface area contributed by atoms with Gasteiger partial charge in [0.05, 0.1) is 38.3 Å². The van der Waals surface area contributed by atoms with Crippen LogP contribution in [0.1, 0.15) is 25.8 Å². The summed E-state index contributed by atoms with van der Waals surface area (Å²) in [6, 6.07) is 10.1. The molecule has 1 aromatic rings. The summed E-state index contributed by atoms with van der Waals surface area (Å²) >= 11 is 0. The van der Waals surface area contributed by atoms with Crippen molar-refractivity contribution in [2.24, 2.45) is 11.8 Å². The van der Waals surface area contributed by atoms with Crippen LogP contribution < -0.4 is 12.4 Å². The van der Waals surface area contributed by atoms with E-state index in [2.05, 4.69) is 12.1 Å². The van der Waals surface area contributed by atoms with Gasteiger partial charge in [0.15, 0.2) is 0 Å². The van der Waals surface area contributed by atoms with Crippen molar-refractivity contribution >= 4 is 11.9 Å². The minimum absolute atomic E-state index is 0. The SMILES string of the molecule is C[C@@H]1OC(=O)[C@@H](C)COC[C@H](Cc2ccccc2)[C@H]1OCCC(=O)N(C)C.[Cl-]. The Bertz CT molecular complexity index is 610. The molecule has 28 heavy (non-hydrogen) atoms. The number of nitrogens with zero attached hydrogens (tertiary/aromatic N) is 1. The molecule has 1 amide bonds. The fraction of sp³-hybridized carbons (Fsp3) is 0.619. The minimum atomic E-state index is -0.412. The fourth-order valence-electron chi connectivity index (χ4n) is 3.18. The first-order valence-electron chi connectivity index (χ1n) is 9.52. The highest BCUT2D eigenvalue weighted by atomic mass is 35.5. The van der Waals surface area contributed by atoms with E-state index < -0.39 is 6.10 Å². The summed E-state index contributed by atoms with van der Waals surface area (Å²) in [5.74, 6) is -0.554. The Morgan fingerprint density at radius 2 is 1.86 bits per heavy atom. The Labute approximate surface area is 173 Å². The van der Waals surface area contributed by atoms with Crippen LogP contribution in [-0.4, -0.2) is 62.9 Å². The molecule has 6 nitrogen and oxygen atoms in total. The highest BCUT2D eigenvalue weighted by Gasteiger charge is 2.33. The summed E-state index contributed by atoms with van der Waals surface area (Å²) in [7, 11) is 3.44. The van der Waals surface area contributed by atoms with Crippen molar-refractivity contribution < 1.29 is 36.2 Å². The Hall–Kier alpha value is -1.63. The van der Waals surface area contributed by atoms with Crippen LogP contribution in [-0.2, 0) is 30.2 Å². The summed E-state index contributed by atoms with van der Waals surface area (Å²) in [4.78, 5) is 25.6. The number of carbonyl (C=O) groups excluding carboxylic acids is 2. The summed E-state index contributed by atoms with van der Waals surface area (Å²) in [5, 5.41) is 0. The lowest BCUT2D eigenvalue weighted by atomic mass is 9.91. The van der Waals surface area contributed by atoms with Gasteiger partial charge in [0.25, 0.3) is 0 Å². The molecule has 0 bridgehead atoms. The molecule has 1 aromatic carbocycles. The van der Waals surface area contributed by atoms with E-state index in [4.69, 9.17) is 14.2 Å². The van der Waals surface area contributed by atoms with Gasteiger partial charge in [0.2, 0.25) is 5.91 Å². The van der Waals surface area contributed by atoms with Crippen molar-refractivity contribution in [2.75, 3.05) is 33.9 Å². The van der Waals surface area contributed by atoms with E-state index in [0.717, 1.165) is 6.42 Å². The molecule has 1 saturated heterocycles. The van der Waals surface area contributed by atoms with Crippen LogP contribution in [0.3, 0.4) is 0 Å². The van der Waals surface area contributed by atoms with Gasteiger partial charge < -0.3 is 31.5 Å². The summed E-state index contributed by atoms with van der Waals surface area (Å²) < 4.78 is 17.5. The molecule has 0 spiro atoms. The summed E-state index contributed by atoms with van der Waals surface area (Å²) in [6.45, 7) is 4.75. The number of carbonyl (C=O) groups is 2. The second-order valence-electron chi connectivity index (χ2n) is 7.40. The molecule has 2 rings (SSSR count). The number of esters is 1. The quantitative estimate of drug-likeness (QED) is 0.579. The lowest BCUT2D eigenvalue weighted by molar-refractivity contribution is -0.162. The predicted octanol–water partition coefficient (Wildman–Crippen LogP) is -0.689. The van der Waals surface area contributed by atoms with Crippen LogP contribution >= 0.6 is 0 Å². The van der Waals surface area contributed by atoms with Gasteiger partial charge >= 0.3 is 5.97 Å². The zero-order valence-corrected chi connectivity index (χ0v) is 17.9. The molecule has 0 radical (unpaired) electrons. The van der Waals surface area contributed by atoms with Gasteiger partial charge in [-0.1, -0.05) is 30.3 Å². The number of benzene rings is 1. The number of cyclic esters (lactones) is 1. The van der Waals surface area contributed by atoms with E-state index in [1.54, 1.807) is 25.9 Å². The van der Waals surface area contributed by atoms with Crippen molar-refractivity contribution in [3.05, 3.63) is 35.9 Å². The topological polar surface area (TPSA) is 65.1 Å². The van der Waals surface area contributed by atoms with Gasteiger partial charge in [-0.2, -0.15) is 0 Å². The Morgan fingerprint density at radius 3 is 2.50 bits per heavy atom. The van der Waals surface area contributed by atoms with Crippen LogP contribution in [0.5, 0.6) is 0 Å². The lowest BCUT2D eigenvalue weighted by Gasteiger charge is -2.31. The van der Waals surface area contributed by atoms with Gasteiger partial charge in [0, 0.05) is 20.0 Å². The van der Waals surface area contributed by atoms with Gasteiger partial charge in [-0.25, -0.2) is 0 Å². The molecule has 0 aromatic heterocycles. The maximum absolute atomic E-state index is 12.2. The van der Waals surface area contributed by atoms with Gasteiger partial charge in [0.1, 0.15) is 6.10 Å². The van der Waals surface area contributed by atoms with Crippen LogP contribution in [0.4, 0.5) is 0 Å². The first kappa shape index (κ1) is 24.4. The number of hydrogen-bond acceptors (Lipinski definition) is 5. The molecule has 0 N–H and O–H groups in total. The van der Waals surface area contributed by atoms with Crippen molar-refractivity contribution in [2.45, 2.75) is 38.9 Å². The number of amides is 1. The van der Waals surface area contributed by atoms with E-state index in [9.17, 15) is 9.59 Å². The molecule has 1 aliphatic rings. The molecule has 1 heterocycles. The van der Waals surface area contributed by atoms with E-state index in [1.807, 2.05) is 25.1 Å². The Balaban J connectivity index is 0.00000392. The summed E-state index contributed by atoms with van der Waals surface area (Å²) in [6.07, 6.45) is 0.294. The van der Waals surface area contributed by atoms with Gasteiger partial charge in [-0.05, 0) is 25.8 Å². The average Bonchev–Trinajstić information content (AvgIpc) is 2.68. The third kappa shape index (κ3) is 7.41. The number of halogens is 1. The van der Waals surface area contributed by atoms with Crippen LogP contribution in [0.2, 0.25) is 0 Å². The van der Waals surface area contributed by atoms with Crippen LogP contribution in [0.25, 0.3) is 0 Å². The second kappa shape index (κ2) is 12.0. The molecule has 4 atom stereocenters. The average molecular weight is 413 g/mol. The fourth-order valence-corrected chi connectivity index (χ4v) is 3.18. The van der Waals surface area contributed by atoms with Gasteiger partial charge in [-0.15, -0.1) is 0 Å². The molecule has 0 aliphatic carbocycles. The molecule has 0 unspecified atom stereocenters. The Kier molecular flexibility index (Phi) is 10.5. The molecular weight excluding hydrogens is 382 g/mol. The maximum atomic E-state index is 12.2. The Morgan fingerprint density at radius 1 is 1.18 bits per heavy atom. The largest absolute Gasteiger partial charge is 1.00 e. The van der Waals surface area contributed by atoms with Crippen molar-refractivity contribution in [1.82, 2.24) is 4.90 Å². The first-order valence-corrected chi connectivity index (χ1v) is 9.52. The van der Waals surface area contributed by atoms with Crippen molar-refractivity contribution in [3.63, 3.8) is 0 Å². The zero-order valence-electron chi connectivity index (χ0n) is 17.1. The van der Waals surface area contributed by atoms with Crippen molar-refractivity contribution in [3.8, 4) is 0 Å². The zero-order chi connectivity index (χ0) is 19.8. The molecule has 1 fully saturated rings.